The SMILES string of the molecule is NN(C(=O)c1ccccc1)[C@]1(O)[C@H](O)[C@@H](O)C(O)O[C@@H]1CO. The Morgan fingerprint density at radius 1 is 1.27 bits per heavy atom. The van der Waals surface area contributed by atoms with Gasteiger partial charge in [0.2, 0.25) is 5.72 Å². The van der Waals surface area contributed by atoms with E-state index in [-0.39, 0.29) is 10.6 Å². The second-order valence-electron chi connectivity index (χ2n) is 4.96. The van der Waals surface area contributed by atoms with Crippen molar-refractivity contribution in [1.82, 2.24) is 5.01 Å². The molecule has 0 spiro atoms. The van der Waals surface area contributed by atoms with Gasteiger partial charge in [0.15, 0.2) is 6.29 Å². The number of aliphatic hydroxyl groups is 5. The number of hydrogen-bond acceptors (Lipinski definition) is 8. The van der Waals surface area contributed by atoms with Crippen LogP contribution in [-0.4, -0.2) is 73.4 Å². The first kappa shape index (κ1) is 16.8. The van der Waals surface area contributed by atoms with Crippen LogP contribution >= 0.6 is 0 Å². The molecule has 1 unspecified atom stereocenters. The number of rotatable bonds is 3. The molecule has 22 heavy (non-hydrogen) atoms. The largest absolute Gasteiger partial charge is 0.393 e. The zero-order chi connectivity index (χ0) is 16.5. The highest BCUT2D eigenvalue weighted by molar-refractivity contribution is 5.94. The first-order valence-corrected chi connectivity index (χ1v) is 6.51. The van der Waals surface area contributed by atoms with Crippen molar-refractivity contribution in [3.05, 3.63) is 35.9 Å². The summed E-state index contributed by atoms with van der Waals surface area (Å²) in [4.78, 5) is 12.3. The van der Waals surface area contributed by atoms with Crippen molar-refractivity contribution in [2.75, 3.05) is 6.61 Å². The number of nitrogens with two attached hydrogens (primary N) is 1. The molecule has 9 heteroatoms. The highest BCUT2D eigenvalue weighted by atomic mass is 16.6. The zero-order valence-electron chi connectivity index (χ0n) is 11.5. The Morgan fingerprint density at radius 2 is 1.86 bits per heavy atom. The Bertz CT molecular complexity index is 524. The summed E-state index contributed by atoms with van der Waals surface area (Å²) in [5.74, 6) is 4.74. The fourth-order valence-corrected chi connectivity index (χ4v) is 2.30. The minimum atomic E-state index is -2.62. The fraction of sp³-hybridized carbons (Fsp3) is 0.462. The predicted octanol–water partition coefficient (Wildman–Crippen LogP) is -2.88. The average Bonchev–Trinajstić information content (AvgIpc) is 2.55. The quantitative estimate of drug-likeness (QED) is 0.150. The van der Waals surface area contributed by atoms with Gasteiger partial charge in [-0.3, -0.25) is 4.79 Å². The van der Waals surface area contributed by atoms with Gasteiger partial charge in [0.25, 0.3) is 5.91 Å². The normalized spacial score (nSPS) is 35.2. The van der Waals surface area contributed by atoms with Gasteiger partial charge < -0.3 is 30.3 Å². The maximum absolute atomic E-state index is 12.3. The zero-order valence-corrected chi connectivity index (χ0v) is 11.5. The molecule has 1 amide bonds. The molecule has 0 saturated carbocycles. The highest BCUT2D eigenvalue weighted by Gasteiger charge is 2.58. The molecule has 1 aromatic rings. The van der Waals surface area contributed by atoms with Crippen molar-refractivity contribution in [3.8, 4) is 0 Å². The number of ether oxygens (including phenoxy) is 1. The van der Waals surface area contributed by atoms with Gasteiger partial charge in [-0.1, -0.05) is 18.2 Å². The summed E-state index contributed by atoms with van der Waals surface area (Å²) in [5, 5.41) is 49.2. The van der Waals surface area contributed by atoms with Crippen molar-refractivity contribution in [1.29, 1.82) is 0 Å². The number of hydrogen-bond donors (Lipinski definition) is 6. The fourth-order valence-electron chi connectivity index (χ4n) is 2.30. The van der Waals surface area contributed by atoms with Gasteiger partial charge in [-0.25, -0.2) is 10.9 Å². The number of carbonyl (C=O) groups is 1. The van der Waals surface area contributed by atoms with E-state index in [4.69, 9.17) is 10.6 Å². The Balaban J connectivity index is 2.35. The first-order valence-electron chi connectivity index (χ1n) is 6.51. The molecule has 5 atom stereocenters. The average molecular weight is 314 g/mol. The number of aliphatic hydroxyl groups excluding tert-OH is 4. The summed E-state index contributed by atoms with van der Waals surface area (Å²) in [6.07, 6.45) is -7.42. The lowest BCUT2D eigenvalue weighted by atomic mass is 9.91. The summed E-state index contributed by atoms with van der Waals surface area (Å²) in [7, 11) is 0. The van der Waals surface area contributed by atoms with Crippen LogP contribution in [0, 0.1) is 0 Å². The van der Waals surface area contributed by atoms with Crippen molar-refractivity contribution in [2.45, 2.75) is 30.3 Å². The molecular formula is C13H18N2O7. The predicted molar refractivity (Wildman–Crippen MR) is 71.7 cm³/mol. The number of benzene rings is 1. The number of amides is 1. The van der Waals surface area contributed by atoms with Crippen molar-refractivity contribution in [2.24, 2.45) is 5.84 Å². The van der Waals surface area contributed by atoms with Crippen LogP contribution in [0.2, 0.25) is 0 Å². The van der Waals surface area contributed by atoms with Crippen molar-refractivity contribution < 1.29 is 35.1 Å². The van der Waals surface area contributed by atoms with E-state index >= 15 is 0 Å². The van der Waals surface area contributed by atoms with Gasteiger partial charge in [-0.2, -0.15) is 0 Å². The van der Waals surface area contributed by atoms with Crippen LogP contribution in [0.15, 0.2) is 30.3 Å². The summed E-state index contributed by atoms with van der Waals surface area (Å²) in [6, 6.07) is 7.67. The molecule has 1 heterocycles. The van der Waals surface area contributed by atoms with Crippen LogP contribution in [0.1, 0.15) is 10.4 Å². The lowest BCUT2D eigenvalue weighted by molar-refractivity contribution is -0.349. The topological polar surface area (TPSA) is 157 Å². The maximum atomic E-state index is 12.3. The van der Waals surface area contributed by atoms with E-state index in [0.29, 0.717) is 0 Å². The third-order valence-corrected chi connectivity index (χ3v) is 3.62. The summed E-state index contributed by atoms with van der Waals surface area (Å²) in [5.41, 5.74) is -2.51. The number of nitrogens with zero attached hydrogens (tertiary/aromatic N) is 1. The second kappa shape index (κ2) is 6.26. The molecule has 7 N–H and O–H groups in total. The van der Waals surface area contributed by atoms with Gasteiger partial charge >= 0.3 is 0 Å². The van der Waals surface area contributed by atoms with E-state index in [9.17, 15) is 30.3 Å². The first-order chi connectivity index (χ1) is 10.3. The molecular weight excluding hydrogens is 296 g/mol. The summed E-state index contributed by atoms with van der Waals surface area (Å²) < 4.78 is 4.81. The smallest absolute Gasteiger partial charge is 0.270 e. The summed E-state index contributed by atoms with van der Waals surface area (Å²) >= 11 is 0. The third kappa shape index (κ3) is 2.59. The van der Waals surface area contributed by atoms with Crippen LogP contribution in [-0.2, 0) is 4.74 Å². The van der Waals surface area contributed by atoms with Crippen molar-refractivity contribution in [3.63, 3.8) is 0 Å². The van der Waals surface area contributed by atoms with Crippen molar-refractivity contribution >= 4 is 5.91 Å². The van der Waals surface area contributed by atoms with Gasteiger partial charge in [0.05, 0.1) is 6.61 Å². The maximum Gasteiger partial charge on any atom is 0.270 e. The van der Waals surface area contributed by atoms with E-state index < -0.39 is 42.8 Å². The lowest BCUT2D eigenvalue weighted by Gasteiger charge is -2.49. The van der Waals surface area contributed by atoms with Gasteiger partial charge in [-0.05, 0) is 12.1 Å². The second-order valence-corrected chi connectivity index (χ2v) is 4.96. The molecule has 0 aromatic heterocycles. The van der Waals surface area contributed by atoms with Crippen LogP contribution in [0.4, 0.5) is 0 Å². The molecule has 0 radical (unpaired) electrons. The van der Waals surface area contributed by atoms with Gasteiger partial charge in [-0.15, -0.1) is 0 Å². The van der Waals surface area contributed by atoms with E-state index in [1.54, 1.807) is 18.2 Å². The third-order valence-electron chi connectivity index (χ3n) is 3.62. The van der Waals surface area contributed by atoms with E-state index in [1.165, 1.54) is 12.1 Å². The molecule has 0 aliphatic carbocycles. The molecule has 9 nitrogen and oxygen atoms in total. The minimum absolute atomic E-state index is 0.114. The van der Waals surface area contributed by atoms with Crippen LogP contribution in [0.5, 0.6) is 0 Å². The Labute approximate surface area is 125 Å². The van der Waals surface area contributed by atoms with Crippen LogP contribution in [0.3, 0.4) is 0 Å². The molecule has 2 rings (SSSR count). The van der Waals surface area contributed by atoms with E-state index in [0.717, 1.165) is 0 Å². The highest BCUT2D eigenvalue weighted by Crippen LogP contribution is 2.31. The Kier molecular flexibility index (Phi) is 4.78. The molecule has 1 saturated heterocycles. The molecule has 1 aromatic carbocycles. The monoisotopic (exact) mass is 314 g/mol. The molecule has 1 aliphatic rings. The standard InChI is InChI=1S/C13H18N2O7/c14-15(11(19)7-4-2-1-3-5-7)13(21)8(6-16)22-12(20)9(17)10(13)18/h1-5,8-10,12,16-18,20-21H,6,14H2/t8-,9-,10-,12?,13-/m1/s1. The molecule has 1 aliphatic heterocycles. The molecule has 0 bridgehead atoms. The van der Waals surface area contributed by atoms with E-state index in [1.807, 2.05) is 0 Å². The minimum Gasteiger partial charge on any atom is -0.393 e. The molecule has 122 valence electrons. The van der Waals surface area contributed by atoms with Crippen LogP contribution < -0.4 is 5.84 Å². The Morgan fingerprint density at radius 3 is 2.41 bits per heavy atom. The van der Waals surface area contributed by atoms with E-state index in [2.05, 4.69) is 0 Å². The lowest BCUT2D eigenvalue weighted by Crippen LogP contribution is -2.76. The van der Waals surface area contributed by atoms with Gasteiger partial charge in [0, 0.05) is 5.56 Å². The summed E-state index contributed by atoms with van der Waals surface area (Å²) in [6.45, 7) is -0.854. The number of carbonyl (C=O) groups excluding carboxylic acids is 1. The van der Waals surface area contributed by atoms with Gasteiger partial charge in [0.1, 0.15) is 18.3 Å². The Hall–Kier alpha value is -1.59. The molecule has 1 fully saturated rings. The van der Waals surface area contributed by atoms with Crippen LogP contribution in [0.25, 0.3) is 0 Å². The number of hydrazine groups is 1.